The topological polar surface area (TPSA) is 101 Å². The summed E-state index contributed by atoms with van der Waals surface area (Å²) in [6, 6.07) is 3.19. The second kappa shape index (κ2) is 5.50. The highest BCUT2D eigenvalue weighted by Gasteiger charge is 2.11. The Morgan fingerprint density at radius 3 is 3.06 bits per heavy atom. The normalized spacial score (nSPS) is 10.7. The van der Waals surface area contributed by atoms with Crippen molar-refractivity contribution in [3.8, 4) is 6.07 Å². The Morgan fingerprint density at radius 1 is 1.81 bits per heavy atom. The summed E-state index contributed by atoms with van der Waals surface area (Å²) in [5.41, 5.74) is 2.04. The lowest BCUT2D eigenvalue weighted by atomic mass is 10.4. The lowest BCUT2D eigenvalue weighted by molar-refractivity contribution is -0.134. The van der Waals surface area contributed by atoms with E-state index in [4.69, 9.17) is 9.78 Å². The Balaban J connectivity index is 2.67. The van der Waals surface area contributed by atoms with Gasteiger partial charge >= 0.3 is 5.97 Å². The van der Waals surface area contributed by atoms with Gasteiger partial charge in [-0.2, -0.15) is 10.4 Å². The van der Waals surface area contributed by atoms with Gasteiger partial charge in [0.1, 0.15) is 11.8 Å². The monoisotopic (exact) mass is 222 g/mol. The predicted molar refractivity (Wildman–Crippen MR) is 54.5 cm³/mol. The van der Waals surface area contributed by atoms with E-state index in [9.17, 15) is 4.79 Å². The fourth-order valence-electron chi connectivity index (χ4n) is 0.848. The Labute approximate surface area is 91.7 Å². The highest BCUT2D eigenvalue weighted by molar-refractivity contribution is 6.43. The fourth-order valence-corrected chi connectivity index (χ4v) is 0.848. The van der Waals surface area contributed by atoms with Gasteiger partial charge in [0.15, 0.2) is 5.82 Å². The molecular formula is C9H10N4O3. The van der Waals surface area contributed by atoms with E-state index in [0.29, 0.717) is 11.6 Å². The molecule has 0 aliphatic rings. The fraction of sp³-hybridized carbons (Fsp3) is 0.333. The van der Waals surface area contributed by atoms with Gasteiger partial charge in [-0.3, -0.25) is 5.43 Å². The number of hydrogen-bond donors (Lipinski definition) is 1. The zero-order valence-electron chi connectivity index (χ0n) is 8.85. The number of nitriles is 1. The summed E-state index contributed by atoms with van der Waals surface area (Å²) < 4.78 is 9.37. The van der Waals surface area contributed by atoms with Crippen LogP contribution in [0.2, 0.25) is 0 Å². The molecule has 84 valence electrons. The van der Waals surface area contributed by atoms with Crippen molar-refractivity contribution < 1.29 is 14.1 Å². The second-order valence-corrected chi connectivity index (χ2v) is 2.73. The first-order valence-corrected chi connectivity index (χ1v) is 4.51. The molecule has 1 rings (SSSR count). The predicted octanol–water partition coefficient (Wildman–Crippen LogP) is 0.838. The van der Waals surface area contributed by atoms with Crippen molar-refractivity contribution >= 4 is 17.5 Å². The first-order chi connectivity index (χ1) is 7.67. The Kier molecular flexibility index (Phi) is 4.03. The van der Waals surface area contributed by atoms with Gasteiger partial charge in [-0.05, 0) is 13.8 Å². The zero-order valence-corrected chi connectivity index (χ0v) is 8.85. The quantitative estimate of drug-likeness (QED) is 0.460. The summed E-state index contributed by atoms with van der Waals surface area (Å²) in [7, 11) is 0. The third kappa shape index (κ3) is 3.09. The van der Waals surface area contributed by atoms with Crippen molar-refractivity contribution in [3.05, 3.63) is 11.8 Å². The third-order valence-corrected chi connectivity index (χ3v) is 1.48. The molecule has 0 atom stereocenters. The number of nitrogens with zero attached hydrogens (tertiary/aromatic N) is 3. The largest absolute Gasteiger partial charge is 0.461 e. The van der Waals surface area contributed by atoms with Gasteiger partial charge in [-0.15, -0.1) is 0 Å². The molecule has 0 amide bonds. The minimum atomic E-state index is -0.780. The van der Waals surface area contributed by atoms with Gasteiger partial charge in [0, 0.05) is 6.07 Å². The summed E-state index contributed by atoms with van der Waals surface area (Å²) in [4.78, 5) is 11.1. The number of carbonyl (C=O) groups is 1. The van der Waals surface area contributed by atoms with E-state index in [0.717, 1.165) is 0 Å². The smallest absolute Gasteiger partial charge is 0.369 e. The lowest BCUT2D eigenvalue weighted by Gasteiger charge is -1.98. The molecule has 0 radical (unpaired) electrons. The van der Waals surface area contributed by atoms with Crippen molar-refractivity contribution in [1.82, 2.24) is 5.16 Å². The van der Waals surface area contributed by atoms with Crippen LogP contribution in [0.15, 0.2) is 15.7 Å². The Bertz CT molecular complexity index is 444. The highest BCUT2D eigenvalue weighted by Crippen LogP contribution is 2.06. The average molecular weight is 222 g/mol. The number of esters is 1. The highest BCUT2D eigenvalue weighted by atomic mass is 16.5. The van der Waals surface area contributed by atoms with E-state index in [2.05, 4.69) is 20.4 Å². The third-order valence-electron chi connectivity index (χ3n) is 1.48. The first-order valence-electron chi connectivity index (χ1n) is 4.51. The van der Waals surface area contributed by atoms with Crippen LogP contribution in [-0.4, -0.2) is 23.4 Å². The zero-order chi connectivity index (χ0) is 12.0. The van der Waals surface area contributed by atoms with Crippen LogP contribution in [0, 0.1) is 18.3 Å². The molecular weight excluding hydrogens is 212 g/mol. The molecule has 0 saturated carbocycles. The molecule has 0 aliphatic carbocycles. The van der Waals surface area contributed by atoms with Crippen LogP contribution in [0.1, 0.15) is 12.7 Å². The number of aryl methyl sites for hydroxylation is 1. The maximum absolute atomic E-state index is 11.1. The molecule has 1 N–H and O–H groups in total. The minimum absolute atomic E-state index is 0.183. The van der Waals surface area contributed by atoms with Crippen molar-refractivity contribution in [2.24, 2.45) is 5.10 Å². The van der Waals surface area contributed by atoms with Gasteiger partial charge in [0.25, 0.3) is 0 Å². The second-order valence-electron chi connectivity index (χ2n) is 2.73. The van der Waals surface area contributed by atoms with E-state index in [1.54, 1.807) is 26.0 Å². The van der Waals surface area contributed by atoms with E-state index < -0.39 is 5.97 Å². The van der Waals surface area contributed by atoms with Crippen LogP contribution in [0.4, 0.5) is 5.82 Å². The molecule has 0 aromatic carbocycles. The molecule has 0 saturated heterocycles. The van der Waals surface area contributed by atoms with E-state index in [1.165, 1.54) is 0 Å². The van der Waals surface area contributed by atoms with Gasteiger partial charge < -0.3 is 9.26 Å². The van der Waals surface area contributed by atoms with Crippen molar-refractivity contribution in [3.63, 3.8) is 0 Å². The van der Waals surface area contributed by atoms with Gasteiger partial charge in [-0.25, -0.2) is 4.79 Å². The Morgan fingerprint density at radius 2 is 2.56 bits per heavy atom. The maximum Gasteiger partial charge on any atom is 0.369 e. The molecule has 0 spiro atoms. The summed E-state index contributed by atoms with van der Waals surface area (Å²) in [5, 5.41) is 15.8. The van der Waals surface area contributed by atoms with Gasteiger partial charge in [0.05, 0.1) is 6.61 Å². The molecule has 7 heteroatoms. The standard InChI is InChI=1S/C9H10N4O3/c1-3-15-9(14)7(5-10)11-12-8-4-6(2)16-13-8/h4H,3H2,1-2H3,(H,12,13)/b11-7+. The number of rotatable bonds is 4. The molecule has 1 aromatic heterocycles. The number of hydrazone groups is 1. The molecule has 0 fully saturated rings. The number of aromatic nitrogens is 1. The molecule has 16 heavy (non-hydrogen) atoms. The van der Waals surface area contributed by atoms with Crippen LogP contribution in [-0.2, 0) is 9.53 Å². The summed E-state index contributed by atoms with van der Waals surface area (Å²) >= 11 is 0. The SMILES string of the molecule is CCOC(=O)/C(C#N)=N/Nc1cc(C)on1. The summed E-state index contributed by atoms with van der Waals surface area (Å²) in [6.07, 6.45) is 0. The van der Waals surface area contributed by atoms with Crippen molar-refractivity contribution in [2.75, 3.05) is 12.0 Å². The lowest BCUT2D eigenvalue weighted by Crippen LogP contribution is -2.17. The van der Waals surface area contributed by atoms with Gasteiger partial charge in [-0.1, -0.05) is 5.16 Å². The Hall–Kier alpha value is -2.36. The van der Waals surface area contributed by atoms with Crippen LogP contribution in [0.5, 0.6) is 0 Å². The number of hydrogen-bond acceptors (Lipinski definition) is 7. The molecule has 0 aliphatic heterocycles. The van der Waals surface area contributed by atoms with Crippen LogP contribution in [0.25, 0.3) is 0 Å². The van der Waals surface area contributed by atoms with Crippen LogP contribution in [0.3, 0.4) is 0 Å². The molecule has 0 unspecified atom stereocenters. The van der Waals surface area contributed by atoms with Crippen molar-refractivity contribution in [1.29, 1.82) is 5.26 Å². The van der Waals surface area contributed by atoms with Crippen molar-refractivity contribution in [2.45, 2.75) is 13.8 Å². The first kappa shape index (κ1) is 11.7. The molecule has 0 bridgehead atoms. The van der Waals surface area contributed by atoms with Crippen LogP contribution < -0.4 is 5.43 Å². The number of nitrogens with one attached hydrogen (secondary N) is 1. The number of ether oxygens (including phenoxy) is 1. The summed E-state index contributed by atoms with van der Waals surface area (Å²) in [5.74, 6) is 0.125. The molecule has 7 nitrogen and oxygen atoms in total. The van der Waals surface area contributed by atoms with Crippen LogP contribution >= 0.6 is 0 Å². The number of anilines is 1. The van der Waals surface area contributed by atoms with E-state index in [-0.39, 0.29) is 12.3 Å². The minimum Gasteiger partial charge on any atom is -0.461 e. The maximum atomic E-state index is 11.1. The van der Waals surface area contributed by atoms with Gasteiger partial charge in [0.2, 0.25) is 5.71 Å². The average Bonchev–Trinajstić information content (AvgIpc) is 2.65. The number of carbonyl (C=O) groups excluding carboxylic acids is 1. The van der Waals surface area contributed by atoms with E-state index in [1.807, 2.05) is 0 Å². The molecule has 1 heterocycles. The summed E-state index contributed by atoms with van der Waals surface area (Å²) in [6.45, 7) is 3.53. The molecule has 1 aromatic rings. The van der Waals surface area contributed by atoms with E-state index >= 15 is 0 Å².